The maximum Gasteiger partial charge on any atom is 0.232 e. The molecule has 1 fully saturated rings. The van der Waals surface area contributed by atoms with Crippen molar-refractivity contribution in [2.24, 2.45) is 10.3 Å². The van der Waals surface area contributed by atoms with Crippen molar-refractivity contribution in [3.8, 4) is 23.2 Å². The second-order valence-electron chi connectivity index (χ2n) is 7.87. The van der Waals surface area contributed by atoms with Gasteiger partial charge in [0.05, 0.1) is 35.8 Å². The molecule has 10 heteroatoms. The molecule has 4 heterocycles. The zero-order chi connectivity index (χ0) is 22.0. The number of methoxy groups -OCH3 is 1. The van der Waals surface area contributed by atoms with Gasteiger partial charge in [-0.25, -0.2) is 23.1 Å². The van der Waals surface area contributed by atoms with E-state index in [4.69, 9.17) is 4.74 Å². The molecule has 0 spiro atoms. The molecule has 162 valence electrons. The van der Waals surface area contributed by atoms with Crippen molar-refractivity contribution < 1.29 is 8.95 Å². The minimum absolute atomic E-state index is 0.398. The van der Waals surface area contributed by atoms with Crippen molar-refractivity contribution in [1.82, 2.24) is 19.6 Å². The molecule has 0 N–H and O–H groups in total. The Labute approximate surface area is 181 Å². The van der Waals surface area contributed by atoms with Crippen LogP contribution in [0.1, 0.15) is 19.4 Å². The van der Waals surface area contributed by atoms with E-state index in [1.807, 2.05) is 12.1 Å². The molecule has 31 heavy (non-hydrogen) atoms. The van der Waals surface area contributed by atoms with E-state index >= 15 is 0 Å². The number of hydrogen-bond acceptors (Lipinski definition) is 8. The van der Waals surface area contributed by atoms with E-state index in [9.17, 15) is 9.47 Å². The highest BCUT2D eigenvalue weighted by Gasteiger charge is 2.22. The minimum Gasteiger partial charge on any atom is -0.480 e. The lowest BCUT2D eigenvalue weighted by molar-refractivity contribution is 0.395. The van der Waals surface area contributed by atoms with Crippen LogP contribution >= 0.6 is 0 Å². The molecule has 4 rings (SSSR count). The maximum atomic E-state index is 12.9. The van der Waals surface area contributed by atoms with Crippen molar-refractivity contribution in [3.63, 3.8) is 0 Å². The van der Waals surface area contributed by atoms with Crippen LogP contribution in [0.2, 0.25) is 0 Å². The fraction of sp³-hybridized carbons (Fsp3) is 0.429. The second-order valence-corrected chi connectivity index (χ2v) is 10.5. The summed E-state index contributed by atoms with van der Waals surface area (Å²) in [6.07, 6.45) is 4.88. The van der Waals surface area contributed by atoms with Gasteiger partial charge in [0.2, 0.25) is 5.88 Å². The van der Waals surface area contributed by atoms with Gasteiger partial charge in [-0.05, 0) is 18.1 Å². The summed E-state index contributed by atoms with van der Waals surface area (Å²) < 4.78 is 24.2. The topological polar surface area (TPSA) is 109 Å². The van der Waals surface area contributed by atoms with Gasteiger partial charge in [-0.1, -0.05) is 13.8 Å². The van der Waals surface area contributed by atoms with Gasteiger partial charge in [-0.2, -0.15) is 10.4 Å². The lowest BCUT2D eigenvalue weighted by atomic mass is 10.1. The Bertz CT molecular complexity index is 1240. The molecular formula is C21H25N7O2S. The van der Waals surface area contributed by atoms with Crippen LogP contribution in [-0.2, 0) is 9.73 Å². The molecule has 0 amide bonds. The molecule has 3 aromatic heterocycles. The quantitative estimate of drug-likeness (QED) is 0.601. The average Bonchev–Trinajstić information content (AvgIpc) is 3.21. The first-order valence-electron chi connectivity index (χ1n) is 10.1. The number of nitrogens with zero attached hydrogens (tertiary/aromatic N) is 7. The molecule has 0 aliphatic carbocycles. The molecule has 1 aliphatic heterocycles. The summed E-state index contributed by atoms with van der Waals surface area (Å²) >= 11 is 0. The van der Waals surface area contributed by atoms with Gasteiger partial charge in [-0.3, -0.25) is 0 Å². The molecular weight excluding hydrogens is 414 g/mol. The molecule has 0 unspecified atom stereocenters. The summed E-state index contributed by atoms with van der Waals surface area (Å²) in [5, 5.41) is 13.7. The van der Waals surface area contributed by atoms with Crippen molar-refractivity contribution in [2.45, 2.75) is 13.8 Å². The van der Waals surface area contributed by atoms with Crippen LogP contribution in [0.15, 0.2) is 35.1 Å². The van der Waals surface area contributed by atoms with Crippen molar-refractivity contribution in [2.75, 3.05) is 43.1 Å². The molecule has 0 bridgehead atoms. The van der Waals surface area contributed by atoms with E-state index in [1.54, 1.807) is 16.9 Å². The molecule has 1 saturated heterocycles. The van der Waals surface area contributed by atoms with Crippen LogP contribution in [0, 0.1) is 17.2 Å². The van der Waals surface area contributed by atoms with E-state index in [0.29, 0.717) is 59.7 Å². The molecule has 1 aliphatic rings. The van der Waals surface area contributed by atoms with E-state index in [0.717, 1.165) is 11.4 Å². The van der Waals surface area contributed by atoms with E-state index in [1.165, 1.54) is 13.3 Å². The van der Waals surface area contributed by atoms with Crippen molar-refractivity contribution in [1.29, 1.82) is 5.26 Å². The largest absolute Gasteiger partial charge is 0.480 e. The monoisotopic (exact) mass is 439 g/mol. The number of aromatic nitrogens is 4. The number of pyridine rings is 1. The first-order chi connectivity index (χ1) is 14.9. The van der Waals surface area contributed by atoms with Gasteiger partial charge < -0.3 is 9.64 Å². The summed E-state index contributed by atoms with van der Waals surface area (Å²) in [4.78, 5) is 11.3. The number of hydrogen-bond donors (Lipinski definition) is 0. The van der Waals surface area contributed by atoms with E-state index < -0.39 is 9.73 Å². The lowest BCUT2D eigenvalue weighted by Gasteiger charge is -2.29. The Kier molecular flexibility index (Phi) is 5.78. The van der Waals surface area contributed by atoms with Gasteiger partial charge >= 0.3 is 0 Å². The molecule has 0 radical (unpaired) electrons. The first kappa shape index (κ1) is 21.1. The molecule has 0 aromatic carbocycles. The third kappa shape index (κ3) is 4.32. The number of anilines is 1. The highest BCUT2D eigenvalue weighted by atomic mass is 32.2. The second kappa shape index (κ2) is 8.51. The minimum atomic E-state index is -2.12. The normalized spacial score (nSPS) is 15.8. The molecule has 0 saturated carbocycles. The van der Waals surface area contributed by atoms with Crippen LogP contribution in [-0.4, -0.2) is 62.0 Å². The third-order valence-corrected chi connectivity index (χ3v) is 7.45. The smallest absolute Gasteiger partial charge is 0.232 e. The first-order valence-corrected chi connectivity index (χ1v) is 12.0. The Morgan fingerprint density at radius 3 is 2.68 bits per heavy atom. The predicted molar refractivity (Wildman–Crippen MR) is 120 cm³/mol. The number of rotatable bonds is 5. The fourth-order valence-electron chi connectivity index (χ4n) is 3.45. The number of ether oxygens (including phenoxy) is 1. The molecule has 3 aromatic rings. The summed E-state index contributed by atoms with van der Waals surface area (Å²) in [6.45, 7) is 6.14. The van der Waals surface area contributed by atoms with Crippen LogP contribution in [0.5, 0.6) is 5.88 Å². The maximum absolute atomic E-state index is 12.9. The van der Waals surface area contributed by atoms with Crippen LogP contribution in [0.4, 0.5) is 5.82 Å². The summed E-state index contributed by atoms with van der Waals surface area (Å²) in [5.41, 5.74) is 2.39. The Morgan fingerprint density at radius 2 is 2.06 bits per heavy atom. The predicted octanol–water partition coefficient (Wildman–Crippen LogP) is 2.62. The van der Waals surface area contributed by atoms with Crippen molar-refractivity contribution in [3.05, 3.63) is 36.3 Å². The number of fused-ring (bicyclic) bond motifs is 1. The highest BCUT2D eigenvalue weighted by Crippen LogP contribution is 2.28. The number of nitriles is 1. The van der Waals surface area contributed by atoms with Gasteiger partial charge in [-0.15, -0.1) is 0 Å². The standard InChI is InChI=1S/C21H25N7O2S/c1-15(2)11-25-31(29)8-6-27(7-9-31)18-5-4-16(12-23-18)20-21-17(10-22)13-24-28(21)14-19(26-20)30-3/h4-5,12-15H,6-9,11H2,1-3H3. The summed E-state index contributed by atoms with van der Waals surface area (Å²) in [7, 11) is -0.582. The lowest BCUT2D eigenvalue weighted by Crippen LogP contribution is -2.40. The Hall–Kier alpha value is -3.19. The SMILES string of the molecule is COc1cn2ncc(C#N)c2c(-c2ccc(N3CCS(=O)(=NCC(C)C)CC3)nc2)n1. The summed E-state index contributed by atoms with van der Waals surface area (Å²) in [6, 6.07) is 6.00. The van der Waals surface area contributed by atoms with Crippen LogP contribution < -0.4 is 9.64 Å². The zero-order valence-corrected chi connectivity index (χ0v) is 18.7. The molecule has 9 nitrogen and oxygen atoms in total. The van der Waals surface area contributed by atoms with Gasteiger partial charge in [0.15, 0.2) is 0 Å². The highest BCUT2D eigenvalue weighted by molar-refractivity contribution is 7.93. The Morgan fingerprint density at radius 1 is 1.29 bits per heavy atom. The van der Waals surface area contributed by atoms with Gasteiger partial charge in [0.1, 0.15) is 28.7 Å². The fourth-order valence-corrected chi connectivity index (χ4v) is 5.49. The van der Waals surface area contributed by atoms with Gasteiger partial charge in [0, 0.05) is 36.4 Å². The Balaban J connectivity index is 1.59. The van der Waals surface area contributed by atoms with Crippen molar-refractivity contribution >= 4 is 21.1 Å². The zero-order valence-electron chi connectivity index (χ0n) is 17.9. The van der Waals surface area contributed by atoms with Crippen LogP contribution in [0.3, 0.4) is 0 Å². The van der Waals surface area contributed by atoms with Crippen LogP contribution in [0.25, 0.3) is 16.8 Å². The molecule has 0 atom stereocenters. The summed E-state index contributed by atoms with van der Waals surface area (Å²) in [5.74, 6) is 2.75. The third-order valence-electron chi connectivity index (χ3n) is 5.18. The van der Waals surface area contributed by atoms with Gasteiger partial charge in [0.25, 0.3) is 0 Å². The average molecular weight is 440 g/mol. The van der Waals surface area contributed by atoms with E-state index in [2.05, 4.69) is 44.2 Å². The van der Waals surface area contributed by atoms with E-state index in [-0.39, 0.29) is 0 Å².